The van der Waals surface area contributed by atoms with Crippen molar-refractivity contribution in [3.05, 3.63) is 59.2 Å². The molecular formula is C18H22N2O4S. The van der Waals surface area contributed by atoms with Crippen molar-refractivity contribution in [2.75, 3.05) is 18.1 Å². The fourth-order valence-electron chi connectivity index (χ4n) is 2.57. The average molecular weight is 362 g/mol. The molecular weight excluding hydrogens is 340 g/mol. The summed E-state index contributed by atoms with van der Waals surface area (Å²) in [7, 11) is -1.83. The second-order valence-corrected chi connectivity index (χ2v) is 7.54. The third kappa shape index (κ3) is 4.73. The Hall–Kier alpha value is -2.54. The fraction of sp³-hybridized carbons (Fsp3) is 0.278. The molecule has 134 valence electrons. The molecule has 7 heteroatoms. The van der Waals surface area contributed by atoms with E-state index in [4.69, 9.17) is 4.74 Å². The Kier molecular flexibility index (Phi) is 5.69. The highest BCUT2D eigenvalue weighted by Gasteiger charge is 2.18. The van der Waals surface area contributed by atoms with Crippen LogP contribution in [0.2, 0.25) is 0 Å². The van der Waals surface area contributed by atoms with E-state index in [1.165, 1.54) is 0 Å². The zero-order valence-corrected chi connectivity index (χ0v) is 15.5. The van der Waals surface area contributed by atoms with Crippen molar-refractivity contribution in [1.29, 1.82) is 0 Å². The first kappa shape index (κ1) is 18.8. The number of hydrogen-bond donors (Lipinski definition) is 2. The van der Waals surface area contributed by atoms with Gasteiger partial charge in [-0.2, -0.15) is 0 Å². The van der Waals surface area contributed by atoms with Gasteiger partial charge in [-0.15, -0.1) is 0 Å². The Bertz CT molecular complexity index is 878. The minimum absolute atomic E-state index is 0.269. The molecule has 0 bridgehead atoms. The summed E-state index contributed by atoms with van der Waals surface area (Å²) in [4.78, 5) is 12.6. The van der Waals surface area contributed by atoms with Crippen molar-refractivity contribution < 1.29 is 17.9 Å². The number of methoxy groups -OCH3 is 1. The topological polar surface area (TPSA) is 84.5 Å². The standard InChI is InChI=1S/C18H22N2O4S/c1-12-14(9-7-10-16(12)20-25(4,22)23)18(21)19-13(2)15-8-5-6-11-17(15)24-3/h5-11,13,20H,1-4H3,(H,19,21)/t13-/m0/s1. The quantitative estimate of drug-likeness (QED) is 0.827. The molecule has 0 aliphatic heterocycles. The molecule has 0 unspecified atom stereocenters. The summed E-state index contributed by atoms with van der Waals surface area (Å²) >= 11 is 0. The Morgan fingerprint density at radius 1 is 1.12 bits per heavy atom. The lowest BCUT2D eigenvalue weighted by atomic mass is 10.0. The van der Waals surface area contributed by atoms with Crippen molar-refractivity contribution in [2.45, 2.75) is 19.9 Å². The zero-order chi connectivity index (χ0) is 18.6. The van der Waals surface area contributed by atoms with Crippen molar-refractivity contribution >= 4 is 21.6 Å². The summed E-state index contributed by atoms with van der Waals surface area (Å²) in [6.45, 7) is 3.57. The van der Waals surface area contributed by atoms with Gasteiger partial charge in [0.15, 0.2) is 0 Å². The van der Waals surface area contributed by atoms with E-state index >= 15 is 0 Å². The van der Waals surface area contributed by atoms with E-state index in [9.17, 15) is 13.2 Å². The Morgan fingerprint density at radius 3 is 2.44 bits per heavy atom. The smallest absolute Gasteiger partial charge is 0.252 e. The number of hydrogen-bond acceptors (Lipinski definition) is 4. The average Bonchev–Trinajstić information content (AvgIpc) is 2.55. The van der Waals surface area contributed by atoms with E-state index in [0.717, 1.165) is 11.8 Å². The van der Waals surface area contributed by atoms with E-state index in [2.05, 4.69) is 10.0 Å². The first-order chi connectivity index (χ1) is 11.7. The molecule has 6 nitrogen and oxygen atoms in total. The van der Waals surface area contributed by atoms with Crippen molar-refractivity contribution in [1.82, 2.24) is 5.32 Å². The number of rotatable bonds is 6. The largest absolute Gasteiger partial charge is 0.496 e. The van der Waals surface area contributed by atoms with Gasteiger partial charge in [0.05, 0.1) is 25.1 Å². The van der Waals surface area contributed by atoms with Gasteiger partial charge in [0.1, 0.15) is 5.75 Å². The molecule has 1 atom stereocenters. The summed E-state index contributed by atoms with van der Waals surface area (Å²) in [6, 6.07) is 12.1. The maximum absolute atomic E-state index is 12.6. The van der Waals surface area contributed by atoms with Gasteiger partial charge in [-0.05, 0) is 37.6 Å². The van der Waals surface area contributed by atoms with Crippen LogP contribution in [0.15, 0.2) is 42.5 Å². The van der Waals surface area contributed by atoms with Crippen LogP contribution in [0.3, 0.4) is 0 Å². The fourth-order valence-corrected chi connectivity index (χ4v) is 3.19. The molecule has 0 radical (unpaired) electrons. The number of para-hydroxylation sites is 1. The number of carbonyl (C=O) groups is 1. The molecule has 0 heterocycles. The summed E-state index contributed by atoms with van der Waals surface area (Å²) in [5.41, 5.74) is 2.23. The van der Waals surface area contributed by atoms with Crippen LogP contribution in [0, 0.1) is 6.92 Å². The Labute approximate surface area is 148 Å². The summed E-state index contributed by atoms with van der Waals surface area (Å²) < 4.78 is 30.6. The Balaban J connectivity index is 2.25. The molecule has 0 fully saturated rings. The minimum atomic E-state index is -3.42. The molecule has 0 aliphatic carbocycles. The predicted octanol–water partition coefficient (Wildman–Crippen LogP) is 2.87. The lowest BCUT2D eigenvalue weighted by molar-refractivity contribution is 0.0939. The molecule has 0 aliphatic rings. The van der Waals surface area contributed by atoms with Crippen molar-refractivity contribution in [2.24, 2.45) is 0 Å². The SMILES string of the molecule is COc1ccccc1[C@H](C)NC(=O)c1cccc(NS(C)(=O)=O)c1C. The molecule has 0 aromatic heterocycles. The minimum Gasteiger partial charge on any atom is -0.496 e. The van der Waals surface area contributed by atoms with Gasteiger partial charge < -0.3 is 10.1 Å². The first-order valence-corrected chi connectivity index (χ1v) is 9.63. The van der Waals surface area contributed by atoms with Crippen LogP contribution >= 0.6 is 0 Å². The third-order valence-corrected chi connectivity index (χ3v) is 4.42. The van der Waals surface area contributed by atoms with Gasteiger partial charge in [0.25, 0.3) is 5.91 Å². The maximum Gasteiger partial charge on any atom is 0.252 e. The molecule has 0 spiro atoms. The second-order valence-electron chi connectivity index (χ2n) is 5.79. The highest BCUT2D eigenvalue weighted by molar-refractivity contribution is 7.92. The number of anilines is 1. The van der Waals surface area contributed by atoms with Gasteiger partial charge in [0.2, 0.25) is 10.0 Å². The number of amides is 1. The number of nitrogens with one attached hydrogen (secondary N) is 2. The second kappa shape index (κ2) is 7.57. The van der Waals surface area contributed by atoms with E-state index in [0.29, 0.717) is 22.6 Å². The highest BCUT2D eigenvalue weighted by Crippen LogP contribution is 2.25. The maximum atomic E-state index is 12.6. The molecule has 2 aromatic rings. The van der Waals surface area contributed by atoms with E-state index in [-0.39, 0.29) is 11.9 Å². The zero-order valence-electron chi connectivity index (χ0n) is 14.7. The lowest BCUT2D eigenvalue weighted by Gasteiger charge is -2.18. The van der Waals surface area contributed by atoms with Crippen LogP contribution in [-0.4, -0.2) is 27.7 Å². The molecule has 0 saturated carbocycles. The number of sulfonamides is 1. The first-order valence-electron chi connectivity index (χ1n) is 7.74. The van der Waals surface area contributed by atoms with Gasteiger partial charge >= 0.3 is 0 Å². The van der Waals surface area contributed by atoms with Crippen LogP contribution < -0.4 is 14.8 Å². The van der Waals surface area contributed by atoms with E-state index in [1.54, 1.807) is 32.2 Å². The molecule has 2 rings (SSSR count). The number of benzene rings is 2. The van der Waals surface area contributed by atoms with Crippen LogP contribution in [0.25, 0.3) is 0 Å². The van der Waals surface area contributed by atoms with E-state index in [1.807, 2.05) is 31.2 Å². The van der Waals surface area contributed by atoms with Crippen LogP contribution in [0.1, 0.15) is 34.5 Å². The van der Waals surface area contributed by atoms with Gasteiger partial charge in [-0.25, -0.2) is 8.42 Å². The van der Waals surface area contributed by atoms with Gasteiger partial charge in [-0.1, -0.05) is 24.3 Å². The summed E-state index contributed by atoms with van der Waals surface area (Å²) in [5.74, 6) is 0.410. The molecule has 0 saturated heterocycles. The van der Waals surface area contributed by atoms with Crippen LogP contribution in [-0.2, 0) is 10.0 Å². The highest BCUT2D eigenvalue weighted by atomic mass is 32.2. The molecule has 2 N–H and O–H groups in total. The van der Waals surface area contributed by atoms with Gasteiger partial charge in [-0.3, -0.25) is 9.52 Å². The molecule has 1 amide bonds. The monoisotopic (exact) mass is 362 g/mol. The summed E-state index contributed by atoms with van der Waals surface area (Å²) in [6.07, 6.45) is 1.07. The van der Waals surface area contributed by atoms with E-state index < -0.39 is 10.0 Å². The van der Waals surface area contributed by atoms with Crippen molar-refractivity contribution in [3.63, 3.8) is 0 Å². The molecule has 25 heavy (non-hydrogen) atoms. The van der Waals surface area contributed by atoms with Crippen molar-refractivity contribution in [3.8, 4) is 5.75 Å². The van der Waals surface area contributed by atoms with Crippen LogP contribution in [0.4, 0.5) is 5.69 Å². The lowest BCUT2D eigenvalue weighted by Crippen LogP contribution is -2.27. The van der Waals surface area contributed by atoms with Gasteiger partial charge in [0, 0.05) is 11.1 Å². The number of carbonyl (C=O) groups excluding carboxylic acids is 1. The number of ether oxygens (including phenoxy) is 1. The predicted molar refractivity (Wildman–Crippen MR) is 98.5 cm³/mol. The Morgan fingerprint density at radius 2 is 1.80 bits per heavy atom. The third-order valence-electron chi connectivity index (χ3n) is 3.83. The summed E-state index contributed by atoms with van der Waals surface area (Å²) in [5, 5.41) is 2.92. The van der Waals surface area contributed by atoms with Crippen LogP contribution in [0.5, 0.6) is 5.75 Å². The molecule has 2 aromatic carbocycles. The normalized spacial score (nSPS) is 12.3.